The highest BCUT2D eigenvalue weighted by Gasteiger charge is 2.31. The van der Waals surface area contributed by atoms with Crippen LogP contribution in [0.25, 0.3) is 0 Å². The van der Waals surface area contributed by atoms with Crippen molar-refractivity contribution >= 4 is 9.24 Å². The van der Waals surface area contributed by atoms with Gasteiger partial charge in [0.15, 0.2) is 0 Å². The molecule has 0 nitrogen and oxygen atoms in total. The van der Waals surface area contributed by atoms with Crippen molar-refractivity contribution in [3.8, 4) is 0 Å². The first-order chi connectivity index (χ1) is 13.3. The summed E-state index contributed by atoms with van der Waals surface area (Å²) in [7, 11) is 3.37. The highest BCUT2D eigenvalue weighted by molar-refractivity contribution is 7.19. The van der Waals surface area contributed by atoms with Crippen molar-refractivity contribution in [2.24, 2.45) is 22.7 Å². The van der Waals surface area contributed by atoms with Crippen LogP contribution in [0.5, 0.6) is 0 Å². The molecule has 0 rings (SSSR count). The molecule has 0 heterocycles. The van der Waals surface area contributed by atoms with Crippen molar-refractivity contribution in [1.82, 2.24) is 0 Å². The average molecular weight is 427 g/mol. The van der Waals surface area contributed by atoms with Gasteiger partial charge in [-0.05, 0) is 59.9 Å². The summed E-state index contributed by atoms with van der Waals surface area (Å²) in [5, 5.41) is 0.441. The van der Waals surface area contributed by atoms with Crippen molar-refractivity contribution in [2.75, 3.05) is 0 Å². The lowest BCUT2D eigenvalue weighted by molar-refractivity contribution is 0.233. The average Bonchev–Trinajstić information content (AvgIpc) is 2.49. The van der Waals surface area contributed by atoms with Gasteiger partial charge in [-0.3, -0.25) is 0 Å². The van der Waals surface area contributed by atoms with Crippen molar-refractivity contribution in [3.05, 3.63) is 0 Å². The molecule has 0 saturated carbocycles. The van der Waals surface area contributed by atoms with Crippen molar-refractivity contribution in [3.63, 3.8) is 0 Å². The minimum Gasteiger partial charge on any atom is -0.131 e. The number of rotatable bonds is 16. The molecule has 3 atom stereocenters. The van der Waals surface area contributed by atoms with Gasteiger partial charge in [0.05, 0.1) is 0 Å². The van der Waals surface area contributed by atoms with Crippen LogP contribution in [-0.2, 0) is 0 Å². The van der Waals surface area contributed by atoms with E-state index in [1.54, 1.807) is 0 Å². The summed E-state index contributed by atoms with van der Waals surface area (Å²) in [5.74, 6) is 1.63. The zero-order valence-electron chi connectivity index (χ0n) is 22.1. The highest BCUT2D eigenvalue weighted by atomic mass is 31.0. The molecule has 0 aliphatic heterocycles. The standard InChI is InChI=1S/C28H59P/c1-10-11-12-13-14-15-16-17-18-19-28(29,22-24(2)20-26(4,5)6)23-25(3)21-27(7,8)9/h24-25H,10-23,29H2,1-9H3. The van der Waals surface area contributed by atoms with Crippen LogP contribution >= 0.6 is 9.24 Å². The van der Waals surface area contributed by atoms with Crippen LogP contribution in [0.2, 0.25) is 0 Å². The maximum absolute atomic E-state index is 3.37. The van der Waals surface area contributed by atoms with E-state index in [0.717, 1.165) is 11.8 Å². The van der Waals surface area contributed by atoms with Crippen molar-refractivity contribution < 1.29 is 0 Å². The highest BCUT2D eigenvalue weighted by Crippen LogP contribution is 2.43. The third-order valence-corrected chi connectivity index (χ3v) is 6.97. The van der Waals surface area contributed by atoms with Gasteiger partial charge in [-0.15, -0.1) is 9.24 Å². The predicted octanol–water partition coefficient (Wildman–Crippen LogP) is 10.4. The molecule has 176 valence electrons. The van der Waals surface area contributed by atoms with Gasteiger partial charge < -0.3 is 0 Å². The van der Waals surface area contributed by atoms with E-state index in [2.05, 4.69) is 71.6 Å². The Balaban J connectivity index is 4.55. The molecule has 1 heteroatoms. The second kappa shape index (κ2) is 14.5. The molecule has 3 unspecified atom stereocenters. The van der Waals surface area contributed by atoms with Gasteiger partial charge in [-0.2, -0.15) is 0 Å². The summed E-state index contributed by atoms with van der Waals surface area (Å²) in [6.45, 7) is 21.7. The fourth-order valence-electron chi connectivity index (χ4n) is 5.70. The molecular weight excluding hydrogens is 367 g/mol. The van der Waals surface area contributed by atoms with E-state index in [4.69, 9.17) is 0 Å². The van der Waals surface area contributed by atoms with Crippen LogP contribution in [0, 0.1) is 22.7 Å². The Morgan fingerprint density at radius 1 is 0.552 bits per heavy atom. The minimum atomic E-state index is 0.441. The van der Waals surface area contributed by atoms with Crippen LogP contribution < -0.4 is 0 Å². The predicted molar refractivity (Wildman–Crippen MR) is 140 cm³/mol. The van der Waals surface area contributed by atoms with Gasteiger partial charge in [0.1, 0.15) is 0 Å². The molecule has 0 bridgehead atoms. The first-order valence-electron chi connectivity index (χ1n) is 13.1. The summed E-state index contributed by atoms with van der Waals surface area (Å²) in [5.41, 5.74) is 0.888. The van der Waals surface area contributed by atoms with E-state index in [1.165, 1.54) is 89.9 Å². The van der Waals surface area contributed by atoms with Gasteiger partial charge in [0.25, 0.3) is 0 Å². The Kier molecular flexibility index (Phi) is 14.7. The Labute approximate surface area is 189 Å². The molecule has 0 aromatic carbocycles. The van der Waals surface area contributed by atoms with Gasteiger partial charge in [0.2, 0.25) is 0 Å². The zero-order valence-corrected chi connectivity index (χ0v) is 23.3. The quantitative estimate of drug-likeness (QED) is 0.170. The monoisotopic (exact) mass is 426 g/mol. The Hall–Kier alpha value is 0.430. The third-order valence-electron chi connectivity index (χ3n) is 6.21. The van der Waals surface area contributed by atoms with Gasteiger partial charge in [-0.25, -0.2) is 0 Å². The lowest BCUT2D eigenvalue weighted by Gasteiger charge is -2.37. The summed E-state index contributed by atoms with van der Waals surface area (Å²) in [6.07, 6.45) is 19.7. The van der Waals surface area contributed by atoms with Crippen LogP contribution in [0.15, 0.2) is 0 Å². The SMILES string of the molecule is CCCCCCCCCCCC(P)(CC(C)CC(C)(C)C)CC(C)CC(C)(C)C. The first-order valence-corrected chi connectivity index (χ1v) is 13.6. The molecule has 0 aromatic rings. The summed E-state index contributed by atoms with van der Waals surface area (Å²) >= 11 is 0. The van der Waals surface area contributed by atoms with Crippen molar-refractivity contribution in [2.45, 2.75) is 157 Å². The van der Waals surface area contributed by atoms with E-state index in [9.17, 15) is 0 Å². The molecule has 0 saturated heterocycles. The van der Waals surface area contributed by atoms with Crippen LogP contribution in [-0.4, -0.2) is 5.16 Å². The van der Waals surface area contributed by atoms with Gasteiger partial charge >= 0.3 is 0 Å². The summed E-state index contributed by atoms with van der Waals surface area (Å²) in [4.78, 5) is 0. The fourth-order valence-corrected chi connectivity index (χ4v) is 6.71. The maximum atomic E-state index is 3.37. The minimum absolute atomic E-state index is 0.441. The molecule has 0 aliphatic rings. The second-order valence-corrected chi connectivity index (χ2v) is 14.3. The summed E-state index contributed by atoms with van der Waals surface area (Å²) in [6, 6.07) is 0. The van der Waals surface area contributed by atoms with Crippen molar-refractivity contribution in [1.29, 1.82) is 0 Å². The second-order valence-electron chi connectivity index (χ2n) is 13.1. The lowest BCUT2D eigenvalue weighted by Crippen LogP contribution is -2.29. The van der Waals surface area contributed by atoms with E-state index in [0.29, 0.717) is 16.0 Å². The van der Waals surface area contributed by atoms with Crippen LogP contribution in [0.4, 0.5) is 0 Å². The van der Waals surface area contributed by atoms with E-state index < -0.39 is 0 Å². The Morgan fingerprint density at radius 3 is 1.24 bits per heavy atom. The Morgan fingerprint density at radius 2 is 0.897 bits per heavy atom. The van der Waals surface area contributed by atoms with E-state index >= 15 is 0 Å². The third kappa shape index (κ3) is 18.9. The summed E-state index contributed by atoms with van der Waals surface area (Å²) < 4.78 is 0. The van der Waals surface area contributed by atoms with Gasteiger partial charge in [0, 0.05) is 0 Å². The largest absolute Gasteiger partial charge is 0.131 e. The first kappa shape index (κ1) is 29.4. The molecule has 0 spiro atoms. The number of hydrogen-bond donors (Lipinski definition) is 0. The fraction of sp³-hybridized carbons (Fsp3) is 1.00. The molecule has 29 heavy (non-hydrogen) atoms. The number of hydrogen-bond acceptors (Lipinski definition) is 0. The van der Waals surface area contributed by atoms with Crippen LogP contribution in [0.3, 0.4) is 0 Å². The van der Waals surface area contributed by atoms with E-state index in [1.807, 2.05) is 0 Å². The molecule has 0 aromatic heterocycles. The smallest absolute Gasteiger partial charge is 0.0145 e. The Bertz CT molecular complexity index is 360. The number of unbranched alkanes of at least 4 members (excludes halogenated alkanes) is 8. The molecular formula is C28H59P. The normalized spacial score (nSPS) is 17.2. The topological polar surface area (TPSA) is 0 Å². The molecule has 0 fully saturated rings. The van der Waals surface area contributed by atoms with E-state index in [-0.39, 0.29) is 0 Å². The van der Waals surface area contributed by atoms with Crippen LogP contribution in [0.1, 0.15) is 152 Å². The zero-order chi connectivity index (χ0) is 22.6. The molecule has 0 aliphatic carbocycles. The lowest BCUT2D eigenvalue weighted by atomic mass is 9.75. The maximum Gasteiger partial charge on any atom is -0.0145 e. The molecule has 0 radical (unpaired) electrons. The molecule has 0 amide bonds. The molecule has 0 N–H and O–H groups in total. The van der Waals surface area contributed by atoms with Gasteiger partial charge in [-0.1, -0.05) is 120 Å².